The van der Waals surface area contributed by atoms with Crippen LogP contribution in [0.4, 0.5) is 0 Å². The molecular formula is C11H19N3OS. The van der Waals surface area contributed by atoms with E-state index in [1.165, 1.54) is 17.3 Å². The Balaban J connectivity index is 2.55. The highest BCUT2D eigenvalue weighted by Gasteiger charge is 2.17. The molecule has 0 amide bonds. The van der Waals surface area contributed by atoms with Gasteiger partial charge in [-0.1, -0.05) is 37.3 Å². The Bertz CT molecular complexity index is 356. The van der Waals surface area contributed by atoms with Crippen molar-refractivity contribution in [3.8, 4) is 0 Å². The minimum atomic E-state index is -0.176. The largest absolute Gasteiger partial charge is 0.414 e. The molecule has 0 radical (unpaired) electrons. The van der Waals surface area contributed by atoms with E-state index in [1.807, 2.05) is 13.8 Å². The molecule has 0 aliphatic rings. The topological polar surface area (TPSA) is 64.9 Å². The zero-order valence-corrected chi connectivity index (χ0v) is 11.0. The predicted molar refractivity (Wildman–Crippen MR) is 66.2 cm³/mol. The molecule has 4 nitrogen and oxygen atoms in total. The summed E-state index contributed by atoms with van der Waals surface area (Å²) < 4.78 is 5.48. The van der Waals surface area contributed by atoms with E-state index in [9.17, 15) is 0 Å². The molecule has 16 heavy (non-hydrogen) atoms. The molecule has 0 saturated heterocycles. The lowest BCUT2D eigenvalue weighted by Gasteiger charge is -2.09. The van der Waals surface area contributed by atoms with Crippen LogP contribution in [-0.2, 0) is 0 Å². The van der Waals surface area contributed by atoms with Gasteiger partial charge in [0.1, 0.15) is 0 Å². The number of nitrogens with zero attached hydrogens (tertiary/aromatic N) is 2. The summed E-state index contributed by atoms with van der Waals surface area (Å²) in [6.07, 6.45) is 2.12. The van der Waals surface area contributed by atoms with Gasteiger partial charge in [0.2, 0.25) is 5.89 Å². The van der Waals surface area contributed by atoms with Crippen molar-refractivity contribution < 1.29 is 4.42 Å². The van der Waals surface area contributed by atoms with Crippen LogP contribution in [0, 0.1) is 5.92 Å². The van der Waals surface area contributed by atoms with Gasteiger partial charge in [-0.2, -0.15) is 0 Å². The van der Waals surface area contributed by atoms with Crippen molar-refractivity contribution in [3.05, 3.63) is 17.5 Å². The molecule has 0 aliphatic heterocycles. The fraction of sp³-hybridized carbons (Fsp3) is 0.636. The maximum atomic E-state index is 5.91. The summed E-state index contributed by atoms with van der Waals surface area (Å²) >= 11 is 1.53. The fourth-order valence-corrected chi connectivity index (χ4v) is 1.78. The van der Waals surface area contributed by atoms with Crippen LogP contribution in [0.3, 0.4) is 0 Å². The van der Waals surface area contributed by atoms with Gasteiger partial charge in [-0.3, -0.25) is 0 Å². The van der Waals surface area contributed by atoms with E-state index in [-0.39, 0.29) is 6.04 Å². The minimum Gasteiger partial charge on any atom is -0.414 e. The van der Waals surface area contributed by atoms with Gasteiger partial charge < -0.3 is 10.2 Å². The highest BCUT2D eigenvalue weighted by Crippen LogP contribution is 2.22. The third-order valence-corrected chi connectivity index (χ3v) is 2.87. The predicted octanol–water partition coefficient (Wildman–Crippen LogP) is 2.78. The highest BCUT2D eigenvalue weighted by molar-refractivity contribution is 7.99. The van der Waals surface area contributed by atoms with Crippen LogP contribution in [0.2, 0.25) is 0 Å². The number of aromatic nitrogens is 2. The Labute approximate surface area is 101 Å². The third-order valence-electron chi connectivity index (χ3n) is 2.12. The van der Waals surface area contributed by atoms with Gasteiger partial charge in [0.15, 0.2) is 0 Å². The van der Waals surface area contributed by atoms with Crippen molar-refractivity contribution in [2.24, 2.45) is 11.7 Å². The average molecular weight is 241 g/mol. The second-order valence-corrected chi connectivity index (χ2v) is 5.24. The number of hydrogen-bond donors (Lipinski definition) is 1. The summed E-state index contributed by atoms with van der Waals surface area (Å²) in [6.45, 7) is 8.19. The number of thioether (sulfide) groups is 1. The molecule has 2 N–H and O–H groups in total. The first kappa shape index (κ1) is 13.3. The molecule has 1 unspecified atom stereocenters. The molecular weight excluding hydrogens is 222 g/mol. The van der Waals surface area contributed by atoms with E-state index < -0.39 is 0 Å². The molecule has 0 aliphatic carbocycles. The molecule has 1 aromatic heterocycles. The van der Waals surface area contributed by atoms with E-state index in [1.54, 1.807) is 0 Å². The molecule has 1 atom stereocenters. The Morgan fingerprint density at radius 1 is 1.44 bits per heavy atom. The van der Waals surface area contributed by atoms with Gasteiger partial charge in [0, 0.05) is 5.75 Å². The number of rotatable bonds is 5. The molecule has 0 spiro atoms. The Morgan fingerprint density at radius 3 is 2.69 bits per heavy atom. The lowest BCUT2D eigenvalue weighted by Crippen LogP contribution is -2.16. The normalized spacial score (nSPS) is 12.9. The molecule has 1 heterocycles. The Morgan fingerprint density at radius 2 is 2.12 bits per heavy atom. The van der Waals surface area contributed by atoms with Crippen LogP contribution >= 0.6 is 11.8 Å². The number of hydrogen-bond acceptors (Lipinski definition) is 5. The Hall–Kier alpha value is -0.810. The van der Waals surface area contributed by atoms with Crippen molar-refractivity contribution in [2.75, 3.05) is 5.75 Å². The van der Waals surface area contributed by atoms with Crippen LogP contribution in [0.25, 0.3) is 0 Å². The van der Waals surface area contributed by atoms with Crippen LogP contribution < -0.4 is 5.73 Å². The van der Waals surface area contributed by atoms with Gasteiger partial charge in [0.25, 0.3) is 5.22 Å². The lowest BCUT2D eigenvalue weighted by molar-refractivity contribution is 0.349. The van der Waals surface area contributed by atoms with E-state index in [2.05, 4.69) is 30.1 Å². The van der Waals surface area contributed by atoms with Gasteiger partial charge in [-0.15, -0.1) is 10.2 Å². The van der Waals surface area contributed by atoms with Gasteiger partial charge in [-0.25, -0.2) is 0 Å². The lowest BCUT2D eigenvalue weighted by atomic mass is 10.1. The van der Waals surface area contributed by atoms with Crippen molar-refractivity contribution in [1.29, 1.82) is 0 Å². The summed E-state index contributed by atoms with van der Waals surface area (Å²) in [6, 6.07) is -0.176. The average Bonchev–Trinajstić information content (AvgIpc) is 2.64. The summed E-state index contributed by atoms with van der Waals surface area (Å²) in [5, 5.41) is 8.49. The first-order valence-electron chi connectivity index (χ1n) is 5.36. The van der Waals surface area contributed by atoms with Crippen molar-refractivity contribution in [3.63, 3.8) is 0 Å². The molecule has 1 aromatic rings. The first-order valence-corrected chi connectivity index (χ1v) is 6.34. The molecule has 0 fully saturated rings. The molecule has 90 valence electrons. The zero-order valence-electron chi connectivity index (χ0n) is 10.2. The SMILES string of the molecule is CC(C)=CCSc1nnc(C(N)C(C)C)o1. The van der Waals surface area contributed by atoms with Gasteiger partial charge >= 0.3 is 0 Å². The summed E-state index contributed by atoms with van der Waals surface area (Å²) in [5.41, 5.74) is 7.19. The minimum absolute atomic E-state index is 0.176. The summed E-state index contributed by atoms with van der Waals surface area (Å²) in [5.74, 6) is 1.67. The van der Waals surface area contributed by atoms with Gasteiger partial charge in [-0.05, 0) is 19.8 Å². The maximum absolute atomic E-state index is 5.91. The van der Waals surface area contributed by atoms with E-state index in [0.717, 1.165) is 5.75 Å². The van der Waals surface area contributed by atoms with Crippen LogP contribution in [0.1, 0.15) is 39.6 Å². The van der Waals surface area contributed by atoms with Crippen LogP contribution in [0.15, 0.2) is 21.3 Å². The molecule has 1 rings (SSSR count). The molecule has 0 aromatic carbocycles. The number of allylic oxidation sites excluding steroid dienone is 1. The molecule has 0 saturated carbocycles. The maximum Gasteiger partial charge on any atom is 0.276 e. The van der Waals surface area contributed by atoms with Crippen molar-refractivity contribution in [1.82, 2.24) is 10.2 Å². The second kappa shape index (κ2) is 6.06. The van der Waals surface area contributed by atoms with E-state index in [4.69, 9.17) is 10.2 Å². The standard InChI is InChI=1S/C11H19N3OS/c1-7(2)5-6-16-11-14-13-10(15-11)9(12)8(3)4/h5,8-9H,6,12H2,1-4H3. The zero-order chi connectivity index (χ0) is 12.1. The van der Waals surface area contributed by atoms with Crippen LogP contribution in [-0.4, -0.2) is 16.0 Å². The molecule has 5 heteroatoms. The monoisotopic (exact) mass is 241 g/mol. The highest BCUT2D eigenvalue weighted by atomic mass is 32.2. The fourth-order valence-electron chi connectivity index (χ4n) is 0.978. The van der Waals surface area contributed by atoms with Crippen LogP contribution in [0.5, 0.6) is 0 Å². The Kier molecular flexibility index (Phi) is 5.02. The van der Waals surface area contributed by atoms with Crippen molar-refractivity contribution in [2.45, 2.75) is 39.0 Å². The summed E-state index contributed by atoms with van der Waals surface area (Å²) in [4.78, 5) is 0. The summed E-state index contributed by atoms with van der Waals surface area (Å²) in [7, 11) is 0. The quantitative estimate of drug-likeness (QED) is 0.634. The van der Waals surface area contributed by atoms with Gasteiger partial charge in [0.05, 0.1) is 6.04 Å². The molecule has 0 bridgehead atoms. The third kappa shape index (κ3) is 3.98. The first-order chi connectivity index (χ1) is 7.50. The van der Waals surface area contributed by atoms with Crippen molar-refractivity contribution >= 4 is 11.8 Å². The second-order valence-electron chi connectivity index (χ2n) is 4.27. The smallest absolute Gasteiger partial charge is 0.276 e. The van der Waals surface area contributed by atoms with E-state index >= 15 is 0 Å². The van der Waals surface area contributed by atoms with E-state index in [0.29, 0.717) is 17.0 Å². The number of nitrogens with two attached hydrogens (primary N) is 1.